The van der Waals surface area contributed by atoms with Crippen molar-refractivity contribution >= 4 is 45.5 Å². The van der Waals surface area contributed by atoms with Crippen LogP contribution in [0.1, 0.15) is 76.3 Å². The Balaban J connectivity index is 1.56. The largest absolute Gasteiger partial charge is 0.305 e. The van der Waals surface area contributed by atoms with Crippen LogP contribution in [0.4, 0.5) is 17.1 Å². The average Bonchev–Trinajstić information content (AvgIpc) is 3.50. The summed E-state index contributed by atoms with van der Waals surface area (Å²) in [5, 5.41) is 2.50. The lowest BCUT2D eigenvalue weighted by Crippen LogP contribution is -2.21. The summed E-state index contributed by atoms with van der Waals surface area (Å²) < 4.78 is 0. The minimum Gasteiger partial charge on any atom is -0.305 e. The number of anilines is 3. The summed E-state index contributed by atoms with van der Waals surface area (Å²) in [6.45, 7) is 20.4. The van der Waals surface area contributed by atoms with E-state index in [2.05, 4.69) is 163 Å². The van der Waals surface area contributed by atoms with Gasteiger partial charge in [-0.15, -0.1) is 0 Å². The zero-order chi connectivity index (χ0) is 30.7. The van der Waals surface area contributed by atoms with E-state index in [1.807, 2.05) is 23.5 Å². The Morgan fingerprint density at radius 2 is 1.02 bits per heavy atom. The quantitative estimate of drug-likeness (QED) is 0.230. The second-order valence-corrected chi connectivity index (χ2v) is 15.8. The third-order valence-electron chi connectivity index (χ3n) is 8.49. The molecule has 0 fully saturated rings. The van der Waals surface area contributed by atoms with Gasteiger partial charge in [-0.1, -0.05) is 120 Å². The van der Waals surface area contributed by atoms with Crippen molar-refractivity contribution in [3.8, 4) is 0 Å². The topological polar surface area (TPSA) is 6.48 Å². The Morgan fingerprint density at radius 3 is 1.56 bits per heavy atom. The first kappa shape index (κ1) is 29.7. The van der Waals surface area contributed by atoms with Gasteiger partial charge in [-0.3, -0.25) is 0 Å². The molecule has 0 aliphatic carbocycles. The smallest absolute Gasteiger partial charge is 0.116 e. The van der Waals surface area contributed by atoms with Crippen molar-refractivity contribution < 1.29 is 0 Å². The second kappa shape index (κ2) is 11.0. The van der Waals surface area contributed by atoms with Gasteiger partial charge in [-0.2, -0.15) is 0 Å². The molecule has 2 heterocycles. The van der Waals surface area contributed by atoms with Crippen molar-refractivity contribution in [2.24, 2.45) is 0 Å². The van der Waals surface area contributed by atoms with E-state index in [0.29, 0.717) is 0 Å². The van der Waals surface area contributed by atoms with Gasteiger partial charge in [0.2, 0.25) is 0 Å². The van der Waals surface area contributed by atoms with Gasteiger partial charge in [0.25, 0.3) is 0 Å². The molecule has 2 aliphatic rings. The summed E-state index contributed by atoms with van der Waals surface area (Å²) in [6, 6.07) is 33.9. The molecule has 4 heteroatoms. The number of aryl methyl sites for hydroxylation is 2. The van der Waals surface area contributed by atoms with E-state index >= 15 is 0 Å². The molecule has 0 unspecified atom stereocenters. The van der Waals surface area contributed by atoms with E-state index in [-0.39, 0.29) is 10.8 Å². The Morgan fingerprint density at radius 1 is 0.535 bits per heavy atom. The Bertz CT molecular complexity index is 1730. The van der Waals surface area contributed by atoms with Crippen LogP contribution in [0.2, 0.25) is 0 Å². The summed E-state index contributed by atoms with van der Waals surface area (Å²) in [6.07, 6.45) is 0. The molecule has 0 N–H and O–H groups in total. The predicted molar refractivity (Wildman–Crippen MR) is 190 cm³/mol. The molecular weight excluding hydrogens is 561 g/mol. The Hall–Kier alpha value is -3.34. The van der Waals surface area contributed by atoms with Crippen LogP contribution in [0.5, 0.6) is 0 Å². The molecular formula is C39H42N2S2. The number of allylic oxidation sites excluding steroid dienone is 1. The van der Waals surface area contributed by atoms with Crippen LogP contribution in [0.3, 0.4) is 0 Å². The van der Waals surface area contributed by atoms with Crippen molar-refractivity contribution in [3.05, 3.63) is 135 Å². The maximum Gasteiger partial charge on any atom is 0.116 e. The highest BCUT2D eigenvalue weighted by Gasteiger charge is 2.37. The van der Waals surface area contributed by atoms with Gasteiger partial charge in [0, 0.05) is 26.9 Å². The molecule has 0 spiro atoms. The van der Waals surface area contributed by atoms with E-state index in [9.17, 15) is 0 Å². The second-order valence-electron chi connectivity index (χ2n) is 13.8. The van der Waals surface area contributed by atoms with Crippen molar-refractivity contribution in [1.82, 2.24) is 0 Å². The fraction of sp³-hybridized carbons (Fsp3) is 0.282. The number of hydrogen-bond donors (Lipinski definition) is 0. The molecule has 0 bridgehead atoms. The van der Waals surface area contributed by atoms with E-state index in [1.54, 1.807) is 0 Å². The number of nitrogens with zero attached hydrogens (tertiary/aromatic N) is 2. The molecule has 4 aromatic rings. The van der Waals surface area contributed by atoms with Crippen molar-refractivity contribution in [2.45, 2.75) is 78.0 Å². The SMILES string of the molecule is CC1=C(c2ccccc2)S/C(=C2/Sc3cc(C)c(C)cc3N2c2ccc(C(C)(C)C)cc2)N1c1ccc(C(C)(C)C)cc1. The van der Waals surface area contributed by atoms with Gasteiger partial charge >= 0.3 is 0 Å². The predicted octanol–water partition coefficient (Wildman–Crippen LogP) is 11.9. The zero-order valence-electron chi connectivity index (χ0n) is 26.9. The molecule has 0 saturated carbocycles. The summed E-state index contributed by atoms with van der Waals surface area (Å²) in [5.74, 6) is 0. The van der Waals surface area contributed by atoms with Gasteiger partial charge in [-0.25, -0.2) is 0 Å². The maximum atomic E-state index is 2.49. The summed E-state index contributed by atoms with van der Waals surface area (Å²) >= 11 is 3.78. The van der Waals surface area contributed by atoms with Crippen LogP contribution >= 0.6 is 23.5 Å². The molecule has 4 aromatic carbocycles. The number of hydrogen-bond acceptors (Lipinski definition) is 4. The standard InChI is InChI=1S/C39H42N2S2/c1-25-23-33-34(24-26(25)2)42-37(41(33)32-21-17-30(18-22-32)39(7,8)9)36-40(31-19-15-29(16-20-31)38(4,5)6)27(3)35(43-36)28-13-11-10-12-14-28/h10-24H,1-9H3/b37-36+. The highest BCUT2D eigenvalue weighted by molar-refractivity contribution is 8.13. The number of fused-ring (bicyclic) bond motifs is 1. The lowest BCUT2D eigenvalue weighted by molar-refractivity contribution is 0.590. The number of rotatable bonds is 3. The van der Waals surface area contributed by atoms with E-state index < -0.39 is 0 Å². The summed E-state index contributed by atoms with van der Waals surface area (Å²) in [5.41, 5.74) is 11.7. The molecule has 0 aromatic heterocycles. The first-order valence-electron chi connectivity index (χ1n) is 15.1. The van der Waals surface area contributed by atoms with Gasteiger partial charge in [0.15, 0.2) is 0 Å². The average molecular weight is 603 g/mol. The third kappa shape index (κ3) is 5.56. The molecule has 0 saturated heterocycles. The molecule has 220 valence electrons. The minimum atomic E-state index is 0.105. The highest BCUT2D eigenvalue weighted by Crippen LogP contribution is 2.58. The molecule has 0 amide bonds. The van der Waals surface area contributed by atoms with Gasteiger partial charge in [0.05, 0.1) is 5.69 Å². The fourth-order valence-corrected chi connectivity index (χ4v) is 8.31. The van der Waals surface area contributed by atoms with Crippen LogP contribution in [0, 0.1) is 13.8 Å². The van der Waals surface area contributed by atoms with Gasteiger partial charge in [-0.05, 0) is 95.8 Å². The maximum absolute atomic E-state index is 2.49. The van der Waals surface area contributed by atoms with Crippen LogP contribution in [0.25, 0.3) is 4.91 Å². The van der Waals surface area contributed by atoms with Crippen molar-refractivity contribution in [3.63, 3.8) is 0 Å². The normalized spacial score (nSPS) is 17.2. The van der Waals surface area contributed by atoms with Gasteiger partial charge < -0.3 is 9.80 Å². The molecule has 43 heavy (non-hydrogen) atoms. The third-order valence-corrected chi connectivity index (χ3v) is 11.0. The van der Waals surface area contributed by atoms with Crippen molar-refractivity contribution in [2.75, 3.05) is 9.80 Å². The zero-order valence-corrected chi connectivity index (χ0v) is 28.5. The highest BCUT2D eigenvalue weighted by atomic mass is 32.2. The Labute approximate surface area is 266 Å². The molecule has 2 aliphatic heterocycles. The fourth-order valence-electron chi connectivity index (χ4n) is 5.68. The first-order valence-corrected chi connectivity index (χ1v) is 16.7. The molecule has 2 nitrogen and oxygen atoms in total. The van der Waals surface area contributed by atoms with Crippen molar-refractivity contribution in [1.29, 1.82) is 0 Å². The van der Waals surface area contributed by atoms with E-state index in [4.69, 9.17) is 0 Å². The lowest BCUT2D eigenvalue weighted by Gasteiger charge is -2.29. The monoisotopic (exact) mass is 602 g/mol. The van der Waals surface area contributed by atoms with E-state index in [1.165, 1.54) is 70.4 Å². The first-order chi connectivity index (χ1) is 20.3. The van der Waals surface area contributed by atoms with Crippen LogP contribution in [0.15, 0.2) is 112 Å². The van der Waals surface area contributed by atoms with Crippen LogP contribution in [-0.4, -0.2) is 0 Å². The number of thioether (sulfide) groups is 2. The minimum absolute atomic E-state index is 0.105. The lowest BCUT2D eigenvalue weighted by atomic mass is 9.87. The molecule has 0 radical (unpaired) electrons. The van der Waals surface area contributed by atoms with Crippen LogP contribution in [-0.2, 0) is 10.8 Å². The summed E-state index contributed by atoms with van der Waals surface area (Å²) in [4.78, 5) is 7.57. The summed E-state index contributed by atoms with van der Waals surface area (Å²) in [7, 11) is 0. The Kier molecular flexibility index (Phi) is 7.59. The van der Waals surface area contributed by atoms with Gasteiger partial charge in [0.1, 0.15) is 10.1 Å². The van der Waals surface area contributed by atoms with Crippen LogP contribution < -0.4 is 9.80 Å². The molecule has 6 rings (SSSR count). The van der Waals surface area contributed by atoms with E-state index in [0.717, 1.165) is 0 Å². The number of benzene rings is 4. The molecule has 0 atom stereocenters.